The van der Waals surface area contributed by atoms with E-state index in [1.165, 1.54) is 0 Å². The van der Waals surface area contributed by atoms with E-state index < -0.39 is 28.4 Å². The number of hydrogen-bond acceptors (Lipinski definition) is 5. The van der Waals surface area contributed by atoms with E-state index in [0.29, 0.717) is 0 Å². The highest BCUT2D eigenvalue weighted by Gasteiger charge is 2.26. The number of hydrogen-bond donors (Lipinski definition) is 0. The predicted molar refractivity (Wildman–Crippen MR) is 47.8 cm³/mol. The number of nitrogens with zero attached hydrogens (tertiary/aromatic N) is 2. The van der Waals surface area contributed by atoms with Crippen LogP contribution in [0.5, 0.6) is 5.75 Å². The first-order chi connectivity index (χ1) is 7.51. The molecule has 0 fully saturated rings. The zero-order valence-electron chi connectivity index (χ0n) is 8.02. The molecule has 0 N–H and O–H groups in total. The summed E-state index contributed by atoms with van der Waals surface area (Å²) < 4.78 is 29.5. The Morgan fingerprint density at radius 3 is 2.62 bits per heavy atom. The molecule has 6 nitrogen and oxygen atoms in total. The Morgan fingerprint density at radius 1 is 1.62 bits per heavy atom. The maximum atomic E-state index is 12.4. The Hall–Kier alpha value is -2.12. The van der Waals surface area contributed by atoms with Crippen LogP contribution in [0.3, 0.4) is 0 Å². The van der Waals surface area contributed by atoms with Crippen LogP contribution < -0.4 is 4.74 Å². The van der Waals surface area contributed by atoms with E-state index >= 15 is 0 Å². The number of carbonyl (C=O) groups is 1. The van der Waals surface area contributed by atoms with Gasteiger partial charge in [-0.1, -0.05) is 0 Å². The van der Waals surface area contributed by atoms with Crippen molar-refractivity contribution in [2.75, 3.05) is 7.11 Å². The number of ether oxygens (including phenoxy) is 1. The molecule has 1 aromatic heterocycles. The number of alkyl halides is 2. The van der Waals surface area contributed by atoms with Crippen LogP contribution in [0, 0.1) is 10.1 Å². The van der Waals surface area contributed by atoms with Crippen molar-refractivity contribution in [3.8, 4) is 5.75 Å². The second kappa shape index (κ2) is 4.60. The second-order valence-corrected chi connectivity index (χ2v) is 2.66. The van der Waals surface area contributed by atoms with Crippen molar-refractivity contribution in [2.24, 2.45) is 0 Å². The van der Waals surface area contributed by atoms with E-state index in [0.717, 1.165) is 13.2 Å². The molecule has 16 heavy (non-hydrogen) atoms. The lowest BCUT2D eigenvalue weighted by molar-refractivity contribution is -0.386. The number of methoxy groups -OCH3 is 1. The molecule has 0 saturated carbocycles. The van der Waals surface area contributed by atoms with Crippen molar-refractivity contribution >= 4 is 12.0 Å². The monoisotopic (exact) mass is 232 g/mol. The molecule has 86 valence electrons. The van der Waals surface area contributed by atoms with Crippen LogP contribution in [-0.2, 0) is 0 Å². The molecule has 1 heterocycles. The average molecular weight is 232 g/mol. The molecule has 0 amide bonds. The number of aldehydes is 1. The number of aromatic nitrogens is 1. The average Bonchev–Trinajstić information content (AvgIpc) is 2.26. The van der Waals surface area contributed by atoms with Crippen LogP contribution >= 0.6 is 0 Å². The molecule has 0 bridgehead atoms. The molecule has 0 spiro atoms. The number of nitro groups is 1. The van der Waals surface area contributed by atoms with Crippen LogP contribution in [0.25, 0.3) is 0 Å². The van der Waals surface area contributed by atoms with Gasteiger partial charge in [0.05, 0.1) is 18.1 Å². The first-order valence-electron chi connectivity index (χ1n) is 3.98. The van der Waals surface area contributed by atoms with Crippen molar-refractivity contribution in [1.29, 1.82) is 0 Å². The minimum atomic E-state index is -3.13. The summed E-state index contributed by atoms with van der Waals surface area (Å²) >= 11 is 0. The molecule has 8 heteroatoms. The molecule has 1 aromatic rings. The van der Waals surface area contributed by atoms with Crippen molar-refractivity contribution in [3.05, 3.63) is 27.6 Å². The minimum Gasteiger partial charge on any atom is -0.494 e. The zero-order chi connectivity index (χ0) is 12.3. The molecule has 0 unspecified atom stereocenters. The van der Waals surface area contributed by atoms with Gasteiger partial charge >= 0.3 is 0 Å². The maximum absolute atomic E-state index is 12.4. The normalized spacial score (nSPS) is 10.2. The van der Waals surface area contributed by atoms with Gasteiger partial charge in [0.25, 0.3) is 12.1 Å². The number of rotatable bonds is 4. The summed E-state index contributed by atoms with van der Waals surface area (Å²) in [5, 5.41) is 10.5. The minimum absolute atomic E-state index is 0.189. The molecule has 0 aromatic carbocycles. The summed E-state index contributed by atoms with van der Waals surface area (Å²) in [4.78, 5) is 23.2. The lowest BCUT2D eigenvalue weighted by Gasteiger charge is -2.06. The van der Waals surface area contributed by atoms with Gasteiger partial charge in [0, 0.05) is 0 Å². The smallest absolute Gasteiger partial charge is 0.300 e. The molecule has 1 rings (SSSR count). The summed E-state index contributed by atoms with van der Waals surface area (Å²) in [5.41, 5.74) is -2.33. The lowest BCUT2D eigenvalue weighted by atomic mass is 10.2. The standard InChI is InChI=1S/C8H6F2N2O4/c1-16-6-2-5(12(14)15)7(8(9)10)11-4(6)3-13/h2-3,8H,1H3. The van der Waals surface area contributed by atoms with Gasteiger partial charge in [-0.05, 0) is 0 Å². The van der Waals surface area contributed by atoms with Crippen LogP contribution in [0.1, 0.15) is 22.6 Å². The molecular weight excluding hydrogens is 226 g/mol. The Bertz CT molecular complexity index is 436. The molecule has 0 aliphatic carbocycles. The second-order valence-electron chi connectivity index (χ2n) is 2.66. The Labute approximate surface area is 88.0 Å². The topological polar surface area (TPSA) is 82.3 Å². The van der Waals surface area contributed by atoms with E-state index in [-0.39, 0.29) is 12.0 Å². The predicted octanol–water partition coefficient (Wildman–Crippen LogP) is 1.75. The van der Waals surface area contributed by atoms with Gasteiger partial charge in [-0.2, -0.15) is 0 Å². The number of pyridine rings is 1. The van der Waals surface area contributed by atoms with Crippen molar-refractivity contribution in [3.63, 3.8) is 0 Å². The molecule has 0 aliphatic heterocycles. The van der Waals surface area contributed by atoms with Gasteiger partial charge in [-0.3, -0.25) is 14.9 Å². The zero-order valence-corrected chi connectivity index (χ0v) is 8.02. The third-order valence-corrected chi connectivity index (χ3v) is 1.76. The van der Waals surface area contributed by atoms with Crippen LogP contribution in [0.15, 0.2) is 6.07 Å². The molecule has 0 atom stereocenters. The van der Waals surface area contributed by atoms with Gasteiger partial charge < -0.3 is 4.74 Å². The van der Waals surface area contributed by atoms with Gasteiger partial charge in [-0.25, -0.2) is 13.8 Å². The van der Waals surface area contributed by atoms with Crippen LogP contribution in [0.4, 0.5) is 14.5 Å². The Morgan fingerprint density at radius 2 is 2.25 bits per heavy atom. The van der Waals surface area contributed by atoms with Crippen molar-refractivity contribution in [1.82, 2.24) is 4.98 Å². The van der Waals surface area contributed by atoms with Crippen molar-refractivity contribution < 1.29 is 23.2 Å². The van der Waals surface area contributed by atoms with Crippen molar-refractivity contribution in [2.45, 2.75) is 6.43 Å². The Balaban J connectivity index is 3.47. The summed E-state index contributed by atoms with van der Waals surface area (Å²) in [7, 11) is 1.15. The fourth-order valence-electron chi connectivity index (χ4n) is 1.07. The first-order valence-corrected chi connectivity index (χ1v) is 3.98. The molecule has 0 aliphatic rings. The van der Waals surface area contributed by atoms with E-state index in [9.17, 15) is 23.7 Å². The molecular formula is C8H6F2N2O4. The maximum Gasteiger partial charge on any atom is 0.300 e. The molecule has 0 saturated heterocycles. The van der Waals surface area contributed by atoms with E-state index in [2.05, 4.69) is 9.72 Å². The number of carbonyl (C=O) groups excluding carboxylic acids is 1. The lowest BCUT2D eigenvalue weighted by Crippen LogP contribution is -2.04. The SMILES string of the molecule is COc1cc([N+](=O)[O-])c(C(F)F)nc1C=O. The fraction of sp³-hybridized carbons (Fsp3) is 0.250. The van der Waals surface area contributed by atoms with Crippen LogP contribution in [-0.4, -0.2) is 23.3 Å². The van der Waals surface area contributed by atoms with Gasteiger partial charge in [0.2, 0.25) is 0 Å². The third kappa shape index (κ3) is 2.10. The van der Waals surface area contributed by atoms with Gasteiger partial charge in [0.1, 0.15) is 5.69 Å². The van der Waals surface area contributed by atoms with Crippen LogP contribution in [0.2, 0.25) is 0 Å². The summed E-state index contributed by atoms with van der Waals surface area (Å²) in [5.74, 6) is -0.217. The van der Waals surface area contributed by atoms with Gasteiger partial charge in [-0.15, -0.1) is 0 Å². The quantitative estimate of drug-likeness (QED) is 0.448. The summed E-state index contributed by atoms with van der Waals surface area (Å²) in [6.45, 7) is 0. The first kappa shape index (κ1) is 12.0. The largest absolute Gasteiger partial charge is 0.494 e. The highest BCUT2D eigenvalue weighted by molar-refractivity contribution is 5.77. The summed E-state index contributed by atoms with van der Waals surface area (Å²) in [6, 6.07) is 0.748. The molecule has 0 radical (unpaired) electrons. The Kier molecular flexibility index (Phi) is 3.44. The van der Waals surface area contributed by atoms with E-state index in [1.807, 2.05) is 0 Å². The van der Waals surface area contributed by atoms with E-state index in [4.69, 9.17) is 0 Å². The number of halogens is 2. The highest BCUT2D eigenvalue weighted by atomic mass is 19.3. The third-order valence-electron chi connectivity index (χ3n) is 1.76. The van der Waals surface area contributed by atoms with E-state index in [1.54, 1.807) is 0 Å². The summed E-state index contributed by atoms with van der Waals surface area (Å²) in [6.07, 6.45) is -2.95. The fourth-order valence-corrected chi connectivity index (χ4v) is 1.07. The van der Waals surface area contributed by atoms with Gasteiger partial charge in [0.15, 0.2) is 17.7 Å². The highest BCUT2D eigenvalue weighted by Crippen LogP contribution is 2.31.